The molecule has 2 aliphatic rings. The van der Waals surface area contributed by atoms with Gasteiger partial charge in [0.1, 0.15) is 6.10 Å². The molecule has 3 heterocycles. The van der Waals surface area contributed by atoms with Crippen LogP contribution in [0.2, 0.25) is 0 Å². The molecule has 1 aromatic heterocycles. The molecular weight excluding hydrogens is 390 g/mol. The molecule has 1 aromatic carbocycles. The van der Waals surface area contributed by atoms with Gasteiger partial charge < -0.3 is 14.5 Å². The van der Waals surface area contributed by atoms with Crippen molar-refractivity contribution in [1.82, 2.24) is 19.8 Å². The molecule has 0 radical (unpaired) electrons. The summed E-state index contributed by atoms with van der Waals surface area (Å²) in [6.07, 6.45) is 3.38. The first-order valence-electron chi connectivity index (χ1n) is 11.3. The number of aryl methyl sites for hydroxylation is 1. The van der Waals surface area contributed by atoms with Crippen molar-refractivity contribution in [2.24, 2.45) is 0 Å². The SMILES string of the molecule is Cc1ccnc(N2C[C@@H](C)N(C(=O)OC3CCN(Cc4ccccc4)CC3)C[C@@H]2C)n1. The summed E-state index contributed by atoms with van der Waals surface area (Å²) in [6.45, 7) is 10.3. The molecule has 4 rings (SSSR count). The van der Waals surface area contributed by atoms with Gasteiger partial charge >= 0.3 is 6.09 Å². The van der Waals surface area contributed by atoms with Crippen LogP contribution in [0.15, 0.2) is 42.6 Å². The van der Waals surface area contributed by atoms with Crippen LogP contribution < -0.4 is 4.90 Å². The van der Waals surface area contributed by atoms with Crippen LogP contribution in [0.4, 0.5) is 10.7 Å². The van der Waals surface area contributed by atoms with Crippen molar-refractivity contribution < 1.29 is 9.53 Å². The Morgan fingerprint density at radius 3 is 2.52 bits per heavy atom. The highest BCUT2D eigenvalue weighted by Crippen LogP contribution is 2.23. The average molecular weight is 424 g/mol. The predicted octanol–water partition coefficient (Wildman–Crippen LogP) is 3.49. The van der Waals surface area contributed by atoms with E-state index in [4.69, 9.17) is 4.74 Å². The van der Waals surface area contributed by atoms with Gasteiger partial charge in [0.05, 0.1) is 0 Å². The highest BCUT2D eigenvalue weighted by Gasteiger charge is 2.35. The molecule has 2 atom stereocenters. The molecule has 0 N–H and O–H groups in total. The number of hydrogen-bond donors (Lipinski definition) is 0. The highest BCUT2D eigenvalue weighted by molar-refractivity contribution is 5.69. The van der Waals surface area contributed by atoms with Crippen LogP contribution in [0.3, 0.4) is 0 Å². The van der Waals surface area contributed by atoms with Gasteiger partial charge in [-0.2, -0.15) is 0 Å². The van der Waals surface area contributed by atoms with E-state index in [9.17, 15) is 4.79 Å². The third-order valence-electron chi connectivity index (χ3n) is 6.31. The third kappa shape index (κ3) is 5.34. The molecule has 0 unspecified atom stereocenters. The summed E-state index contributed by atoms with van der Waals surface area (Å²) >= 11 is 0. The second-order valence-electron chi connectivity index (χ2n) is 8.85. The molecule has 2 aromatic rings. The second-order valence-corrected chi connectivity index (χ2v) is 8.85. The maximum absolute atomic E-state index is 12.9. The summed E-state index contributed by atoms with van der Waals surface area (Å²) in [6, 6.07) is 12.6. The fraction of sp³-hybridized carbons (Fsp3) is 0.542. The van der Waals surface area contributed by atoms with Crippen LogP contribution in [0, 0.1) is 6.92 Å². The van der Waals surface area contributed by atoms with Gasteiger partial charge in [-0.1, -0.05) is 30.3 Å². The van der Waals surface area contributed by atoms with Gasteiger partial charge in [-0.15, -0.1) is 0 Å². The molecule has 2 saturated heterocycles. The molecule has 166 valence electrons. The van der Waals surface area contributed by atoms with Crippen LogP contribution in [0.25, 0.3) is 0 Å². The molecule has 0 aliphatic carbocycles. The van der Waals surface area contributed by atoms with E-state index < -0.39 is 0 Å². The van der Waals surface area contributed by atoms with Gasteiger partial charge in [-0.3, -0.25) is 4.90 Å². The van der Waals surface area contributed by atoms with Crippen molar-refractivity contribution in [3.05, 3.63) is 53.9 Å². The Morgan fingerprint density at radius 1 is 1.06 bits per heavy atom. The number of aromatic nitrogens is 2. The minimum atomic E-state index is -0.189. The Kier molecular flexibility index (Phi) is 6.70. The molecule has 0 spiro atoms. The van der Waals surface area contributed by atoms with Crippen LogP contribution in [0.1, 0.15) is 37.9 Å². The Labute approximate surface area is 185 Å². The molecule has 1 amide bonds. The Balaban J connectivity index is 1.27. The maximum Gasteiger partial charge on any atom is 0.410 e. The lowest BCUT2D eigenvalue weighted by molar-refractivity contribution is 0.0165. The third-order valence-corrected chi connectivity index (χ3v) is 6.31. The van der Waals surface area contributed by atoms with Crippen molar-refractivity contribution in [3.63, 3.8) is 0 Å². The molecule has 2 aliphatic heterocycles. The van der Waals surface area contributed by atoms with E-state index in [2.05, 4.69) is 57.9 Å². The second kappa shape index (κ2) is 9.64. The zero-order valence-corrected chi connectivity index (χ0v) is 18.8. The molecule has 7 heteroatoms. The Hall–Kier alpha value is -2.67. The number of rotatable bonds is 4. The van der Waals surface area contributed by atoms with E-state index in [0.717, 1.165) is 44.1 Å². The van der Waals surface area contributed by atoms with E-state index in [0.29, 0.717) is 13.1 Å². The van der Waals surface area contributed by atoms with Gasteiger partial charge in [0, 0.05) is 56.7 Å². The number of piperazine rings is 1. The number of piperidine rings is 1. The number of carbonyl (C=O) groups excluding carboxylic acids is 1. The quantitative estimate of drug-likeness (QED) is 0.750. The lowest BCUT2D eigenvalue weighted by atomic mass is 10.1. The van der Waals surface area contributed by atoms with Crippen LogP contribution >= 0.6 is 0 Å². The van der Waals surface area contributed by atoms with Crippen LogP contribution in [-0.2, 0) is 11.3 Å². The summed E-state index contributed by atoms with van der Waals surface area (Å²) < 4.78 is 5.92. The fourth-order valence-electron chi connectivity index (χ4n) is 4.47. The number of likely N-dealkylation sites (tertiary alicyclic amines) is 1. The monoisotopic (exact) mass is 423 g/mol. The number of anilines is 1. The van der Waals surface area contributed by atoms with Crippen molar-refractivity contribution in [3.8, 4) is 0 Å². The summed E-state index contributed by atoms with van der Waals surface area (Å²) in [5, 5.41) is 0. The standard InChI is InChI=1S/C24H33N5O2/c1-18-9-12-25-23(26-18)28-15-20(3)29(16-19(28)2)24(30)31-22-10-13-27(14-11-22)17-21-7-5-4-6-8-21/h4-9,12,19-20,22H,10-11,13-17H2,1-3H3/t19-,20+/m0/s1. The summed E-state index contributed by atoms with van der Waals surface area (Å²) in [4.78, 5) is 28.4. The summed E-state index contributed by atoms with van der Waals surface area (Å²) in [7, 11) is 0. The van der Waals surface area contributed by atoms with Gasteiger partial charge in [-0.25, -0.2) is 14.8 Å². The lowest BCUT2D eigenvalue weighted by Gasteiger charge is -2.44. The molecule has 31 heavy (non-hydrogen) atoms. The number of ether oxygens (including phenoxy) is 1. The van der Waals surface area contributed by atoms with Crippen LogP contribution in [0.5, 0.6) is 0 Å². The van der Waals surface area contributed by atoms with Crippen molar-refractivity contribution in [1.29, 1.82) is 0 Å². The number of benzene rings is 1. The first kappa shape index (κ1) is 21.6. The van der Waals surface area contributed by atoms with E-state index in [-0.39, 0.29) is 24.3 Å². The normalized spacial score (nSPS) is 23.1. The average Bonchev–Trinajstić information content (AvgIpc) is 2.77. The van der Waals surface area contributed by atoms with Gasteiger partial charge in [0.2, 0.25) is 5.95 Å². The van der Waals surface area contributed by atoms with E-state index in [1.54, 1.807) is 6.20 Å². The van der Waals surface area contributed by atoms with E-state index >= 15 is 0 Å². The highest BCUT2D eigenvalue weighted by atomic mass is 16.6. The Morgan fingerprint density at radius 2 is 1.81 bits per heavy atom. The zero-order chi connectivity index (χ0) is 21.8. The van der Waals surface area contributed by atoms with Crippen LogP contribution in [-0.4, -0.2) is 70.2 Å². The minimum absolute atomic E-state index is 0.000153. The van der Waals surface area contributed by atoms with E-state index in [1.165, 1.54) is 5.56 Å². The van der Waals surface area contributed by atoms with Gasteiger partial charge in [-0.05, 0) is 45.2 Å². The maximum atomic E-state index is 12.9. The zero-order valence-electron chi connectivity index (χ0n) is 18.8. The lowest BCUT2D eigenvalue weighted by Crippen LogP contribution is -2.59. The summed E-state index contributed by atoms with van der Waals surface area (Å²) in [5.74, 6) is 0.734. The van der Waals surface area contributed by atoms with Gasteiger partial charge in [0.15, 0.2) is 0 Å². The molecular formula is C24H33N5O2. The molecule has 7 nitrogen and oxygen atoms in total. The van der Waals surface area contributed by atoms with Crippen molar-refractivity contribution in [2.75, 3.05) is 31.1 Å². The van der Waals surface area contributed by atoms with E-state index in [1.807, 2.05) is 24.0 Å². The predicted molar refractivity (Wildman–Crippen MR) is 121 cm³/mol. The molecule has 0 bridgehead atoms. The first-order chi connectivity index (χ1) is 15.0. The topological polar surface area (TPSA) is 61.8 Å². The van der Waals surface area contributed by atoms with Crippen molar-refractivity contribution in [2.45, 2.75) is 58.3 Å². The largest absolute Gasteiger partial charge is 0.446 e. The smallest absolute Gasteiger partial charge is 0.410 e. The molecule has 2 fully saturated rings. The number of hydrogen-bond acceptors (Lipinski definition) is 6. The number of amides is 1. The van der Waals surface area contributed by atoms with Crippen molar-refractivity contribution >= 4 is 12.0 Å². The fourth-order valence-corrected chi connectivity index (χ4v) is 4.47. The summed E-state index contributed by atoms with van der Waals surface area (Å²) in [5.41, 5.74) is 2.28. The van der Waals surface area contributed by atoms with Gasteiger partial charge in [0.25, 0.3) is 0 Å². The number of carbonyl (C=O) groups is 1. The minimum Gasteiger partial charge on any atom is -0.446 e. The Bertz CT molecular complexity index is 869. The molecule has 0 saturated carbocycles. The first-order valence-corrected chi connectivity index (χ1v) is 11.3. The number of nitrogens with zero attached hydrogens (tertiary/aromatic N) is 5.